The van der Waals surface area contributed by atoms with Gasteiger partial charge in [-0.15, -0.1) is 0 Å². The Kier molecular flexibility index (Phi) is 8.94. The molecule has 23 heavy (non-hydrogen) atoms. The van der Waals surface area contributed by atoms with Crippen LogP contribution in [0.1, 0.15) is 27.7 Å². The highest BCUT2D eigenvalue weighted by Gasteiger charge is 2.44. The van der Waals surface area contributed by atoms with Crippen molar-refractivity contribution in [3.8, 4) is 0 Å². The molecule has 0 unspecified atom stereocenters. The highest BCUT2D eigenvalue weighted by Crippen LogP contribution is 2.70. The molecule has 1 aromatic carbocycles. The summed E-state index contributed by atoms with van der Waals surface area (Å²) in [6.07, 6.45) is 0. The van der Waals surface area contributed by atoms with Gasteiger partial charge in [-0.2, -0.15) is 0 Å². The Labute approximate surface area is 143 Å². The zero-order chi connectivity index (χ0) is 17.3. The molecule has 0 bridgehead atoms. The average Bonchev–Trinajstić information content (AvgIpc) is 2.49. The second-order valence-electron chi connectivity index (χ2n) is 4.23. The van der Waals surface area contributed by atoms with E-state index in [4.69, 9.17) is 29.9 Å². The molecule has 6 nitrogen and oxygen atoms in total. The van der Waals surface area contributed by atoms with Crippen LogP contribution in [0, 0.1) is 0 Å². The first-order valence-electron chi connectivity index (χ1n) is 7.61. The van der Waals surface area contributed by atoms with Crippen LogP contribution in [-0.4, -0.2) is 26.4 Å². The van der Waals surface area contributed by atoms with E-state index in [0.29, 0.717) is 18.9 Å². The van der Waals surface area contributed by atoms with Crippen molar-refractivity contribution in [2.75, 3.05) is 30.9 Å². The lowest BCUT2D eigenvalue weighted by Gasteiger charge is -2.38. The molecule has 1 rings (SSSR count). The van der Waals surface area contributed by atoms with Gasteiger partial charge in [0.25, 0.3) is 6.64 Å². The average molecular weight is 381 g/mol. The molecule has 1 aromatic rings. The summed E-state index contributed by atoms with van der Waals surface area (Å²) in [5.74, 6) is 0. The first-order valence-corrected chi connectivity index (χ1v) is 11.7. The molecule has 0 aromatic heterocycles. The summed E-state index contributed by atoms with van der Waals surface area (Å²) in [5.41, 5.74) is 0.586. The molecule has 0 spiro atoms. The first-order chi connectivity index (χ1) is 11.0. The van der Waals surface area contributed by atoms with E-state index in [0.717, 1.165) is 0 Å². The smallest absolute Gasteiger partial charge is 0.314 e. The number of nitrogens with zero attached hydrogens (tertiary/aromatic N) is 1. The summed E-state index contributed by atoms with van der Waals surface area (Å²) in [7, 11) is -3.70. The minimum absolute atomic E-state index is 0.216. The van der Waals surface area contributed by atoms with Gasteiger partial charge in [-0.1, -0.05) is 18.2 Å². The fourth-order valence-corrected chi connectivity index (χ4v) is 8.06. The molecule has 0 saturated heterocycles. The van der Waals surface area contributed by atoms with E-state index in [-0.39, 0.29) is 13.2 Å². The first kappa shape index (κ1) is 20.8. The maximum absolute atomic E-state index is 13.4. The molecule has 0 N–H and O–H groups in total. The van der Waals surface area contributed by atoms with Crippen LogP contribution < -0.4 is 4.44 Å². The Hall–Kier alpha value is -0.260. The zero-order valence-corrected chi connectivity index (χ0v) is 16.6. The maximum Gasteiger partial charge on any atom is 0.442 e. The quantitative estimate of drug-likeness (QED) is 0.502. The van der Waals surface area contributed by atoms with Crippen LogP contribution in [0.3, 0.4) is 0 Å². The summed E-state index contributed by atoms with van der Waals surface area (Å²) in [4.78, 5) is 0. The lowest BCUT2D eigenvalue weighted by molar-refractivity contribution is 0.216. The molecule has 0 saturated carbocycles. The van der Waals surface area contributed by atoms with Gasteiger partial charge in [0.2, 0.25) is 0 Å². The van der Waals surface area contributed by atoms with E-state index in [1.807, 2.05) is 32.0 Å². The summed E-state index contributed by atoms with van der Waals surface area (Å²) < 4.78 is 37.2. The summed E-state index contributed by atoms with van der Waals surface area (Å²) in [6, 6.07) is 9.07. The maximum atomic E-state index is 13.4. The molecular weight excluding hydrogens is 356 g/mol. The third-order valence-corrected chi connectivity index (χ3v) is 9.20. The van der Waals surface area contributed by atoms with Gasteiger partial charge in [-0.3, -0.25) is 9.05 Å². The van der Waals surface area contributed by atoms with Crippen LogP contribution in [0.15, 0.2) is 30.3 Å². The highest BCUT2D eigenvalue weighted by molar-refractivity contribution is 8.13. The fraction of sp³-hybridized carbons (Fsp3) is 0.571. The van der Waals surface area contributed by atoms with Gasteiger partial charge >= 0.3 is 7.75 Å². The normalized spacial score (nSPS) is 12.3. The van der Waals surface area contributed by atoms with Gasteiger partial charge < -0.3 is 9.05 Å². The van der Waals surface area contributed by atoms with Crippen LogP contribution >= 0.6 is 14.4 Å². The lowest BCUT2D eigenvalue weighted by Crippen LogP contribution is -2.22. The van der Waals surface area contributed by atoms with Crippen molar-refractivity contribution in [2.45, 2.75) is 27.7 Å². The topological polar surface area (TPSA) is 57.2 Å². The predicted molar refractivity (Wildman–Crippen MR) is 97.3 cm³/mol. The van der Waals surface area contributed by atoms with E-state index in [2.05, 4.69) is 0 Å². The molecule has 0 radical (unpaired) electrons. The Morgan fingerprint density at radius 2 is 1.30 bits per heavy atom. The standard InChI is InChI=1S/C14H25NO5P2S/c1-5-17-21(16,18-6-2)15(14-12-10-9-11-13-14)22(23,19-7-3)20-8-4/h9-13H,5-8H2,1-4H3. The fourth-order valence-electron chi connectivity index (χ4n) is 1.92. The molecule has 0 amide bonds. The van der Waals surface area contributed by atoms with Gasteiger partial charge in [-0.05, 0) is 51.6 Å². The van der Waals surface area contributed by atoms with Crippen molar-refractivity contribution in [1.29, 1.82) is 0 Å². The SMILES string of the molecule is CCOP(=O)(OCC)N(c1ccccc1)P(=S)(OCC)OCC. The van der Waals surface area contributed by atoms with Crippen LogP contribution in [0.5, 0.6) is 0 Å². The van der Waals surface area contributed by atoms with Crippen LogP contribution in [0.2, 0.25) is 0 Å². The zero-order valence-electron chi connectivity index (χ0n) is 14.0. The van der Waals surface area contributed by atoms with Gasteiger partial charge in [-0.25, -0.2) is 9.01 Å². The summed E-state index contributed by atoms with van der Waals surface area (Å²) in [6.45, 7) is 5.15. The molecule has 9 heteroatoms. The van der Waals surface area contributed by atoms with Gasteiger partial charge in [0.1, 0.15) is 0 Å². The van der Waals surface area contributed by atoms with Gasteiger partial charge in [0.15, 0.2) is 0 Å². The van der Waals surface area contributed by atoms with Crippen LogP contribution in [-0.2, 0) is 34.5 Å². The Morgan fingerprint density at radius 1 is 0.870 bits per heavy atom. The minimum Gasteiger partial charge on any atom is -0.314 e. The molecule has 0 aliphatic carbocycles. The largest absolute Gasteiger partial charge is 0.442 e. The van der Waals surface area contributed by atoms with Crippen molar-refractivity contribution in [1.82, 2.24) is 0 Å². The minimum atomic E-state index is -3.70. The number of rotatable bonds is 11. The Bertz CT molecular complexity index is 507. The van der Waals surface area contributed by atoms with E-state index in [1.165, 1.54) is 4.44 Å². The van der Waals surface area contributed by atoms with Crippen molar-refractivity contribution >= 4 is 31.9 Å². The molecule has 0 aliphatic rings. The Balaban J connectivity index is 3.47. The van der Waals surface area contributed by atoms with Crippen molar-refractivity contribution in [2.24, 2.45) is 0 Å². The summed E-state index contributed by atoms with van der Waals surface area (Å²) in [5, 5.41) is 0. The van der Waals surface area contributed by atoms with Gasteiger partial charge in [0, 0.05) is 0 Å². The van der Waals surface area contributed by atoms with Gasteiger partial charge in [0.05, 0.1) is 32.1 Å². The molecular formula is C14H25NO5P2S. The summed E-state index contributed by atoms with van der Waals surface area (Å²) >= 11 is 5.64. The molecule has 132 valence electrons. The lowest BCUT2D eigenvalue weighted by atomic mass is 10.3. The predicted octanol–water partition coefficient (Wildman–Crippen LogP) is 4.97. The Morgan fingerprint density at radius 3 is 1.70 bits per heavy atom. The third kappa shape index (κ3) is 5.36. The van der Waals surface area contributed by atoms with Crippen LogP contribution in [0.4, 0.5) is 5.69 Å². The monoisotopic (exact) mass is 381 g/mol. The molecule has 0 aliphatic heterocycles. The van der Waals surface area contributed by atoms with E-state index in [1.54, 1.807) is 26.0 Å². The second-order valence-corrected chi connectivity index (χ2v) is 9.64. The highest BCUT2D eigenvalue weighted by atomic mass is 32.5. The number of anilines is 1. The van der Waals surface area contributed by atoms with Crippen molar-refractivity contribution in [3.05, 3.63) is 30.3 Å². The van der Waals surface area contributed by atoms with Crippen molar-refractivity contribution < 1.29 is 22.7 Å². The van der Waals surface area contributed by atoms with E-state index >= 15 is 0 Å². The molecule has 0 atom stereocenters. The number of benzene rings is 1. The van der Waals surface area contributed by atoms with Crippen molar-refractivity contribution in [3.63, 3.8) is 0 Å². The third-order valence-electron chi connectivity index (χ3n) is 2.62. The number of hydrogen-bond acceptors (Lipinski definition) is 6. The number of hydrogen-bond donors (Lipinski definition) is 0. The van der Waals surface area contributed by atoms with E-state index < -0.39 is 14.4 Å². The number of para-hydroxylation sites is 1. The molecule has 0 heterocycles. The molecule has 0 fully saturated rings. The van der Waals surface area contributed by atoms with Crippen LogP contribution in [0.25, 0.3) is 0 Å². The second kappa shape index (κ2) is 9.90. The van der Waals surface area contributed by atoms with E-state index in [9.17, 15) is 4.57 Å².